The Labute approximate surface area is 193 Å². The Balaban J connectivity index is 1.37. The number of hydrogen-bond donors (Lipinski definition) is 2. The minimum Gasteiger partial charge on any atom is -0.324 e. The lowest BCUT2D eigenvalue weighted by Gasteiger charge is -2.06. The smallest absolute Gasteiger partial charge is 0.258 e. The van der Waals surface area contributed by atoms with Crippen LogP contribution in [0.15, 0.2) is 72.8 Å². The van der Waals surface area contributed by atoms with Crippen molar-refractivity contribution in [2.45, 2.75) is 13.5 Å². The number of anilines is 2. The highest BCUT2D eigenvalue weighted by atomic mass is 19.1. The number of hydrogen-bond acceptors (Lipinski definition) is 6. The maximum Gasteiger partial charge on any atom is 0.258 e. The van der Waals surface area contributed by atoms with Crippen LogP contribution < -0.4 is 10.6 Å². The standard InChI is InChI=1S/C24H19FN6O3/c1-15(32)17-5-4-6-19(13-17)26-22(33)14-31-29-23(28-30-31)16-9-11-18(12-10-16)27-24(34)20-7-2-3-8-21(20)25/h2-13H,14H2,1H3,(H,26,33)(H,27,34). The summed E-state index contributed by atoms with van der Waals surface area (Å²) in [4.78, 5) is 37.2. The molecule has 4 aromatic rings. The Kier molecular flexibility index (Phi) is 6.49. The maximum absolute atomic E-state index is 13.8. The van der Waals surface area contributed by atoms with E-state index in [2.05, 4.69) is 26.0 Å². The van der Waals surface area contributed by atoms with Gasteiger partial charge in [-0.15, -0.1) is 10.2 Å². The van der Waals surface area contributed by atoms with E-state index in [1.165, 1.54) is 25.1 Å². The van der Waals surface area contributed by atoms with E-state index < -0.39 is 11.7 Å². The average Bonchev–Trinajstić information content (AvgIpc) is 3.28. The van der Waals surface area contributed by atoms with E-state index in [4.69, 9.17) is 0 Å². The lowest BCUT2D eigenvalue weighted by Crippen LogP contribution is -2.20. The van der Waals surface area contributed by atoms with E-state index in [9.17, 15) is 18.8 Å². The Hall–Kier alpha value is -4.73. The van der Waals surface area contributed by atoms with Gasteiger partial charge in [-0.3, -0.25) is 14.4 Å². The number of carbonyl (C=O) groups excluding carboxylic acids is 3. The summed E-state index contributed by atoms with van der Waals surface area (Å²) in [6.07, 6.45) is 0. The van der Waals surface area contributed by atoms with Crippen LogP contribution in [0.1, 0.15) is 27.6 Å². The molecule has 0 aliphatic rings. The van der Waals surface area contributed by atoms with Gasteiger partial charge in [0.1, 0.15) is 12.4 Å². The number of carbonyl (C=O) groups is 3. The molecule has 170 valence electrons. The van der Waals surface area contributed by atoms with Crippen LogP contribution in [-0.2, 0) is 11.3 Å². The molecule has 0 saturated carbocycles. The van der Waals surface area contributed by atoms with E-state index in [0.29, 0.717) is 28.3 Å². The largest absolute Gasteiger partial charge is 0.324 e. The lowest BCUT2D eigenvalue weighted by molar-refractivity contribution is -0.117. The van der Waals surface area contributed by atoms with Gasteiger partial charge in [0.05, 0.1) is 5.56 Å². The molecule has 0 atom stereocenters. The average molecular weight is 458 g/mol. The molecule has 1 aromatic heterocycles. The van der Waals surface area contributed by atoms with Gasteiger partial charge in [-0.25, -0.2) is 4.39 Å². The SMILES string of the molecule is CC(=O)c1cccc(NC(=O)Cn2nnc(-c3ccc(NC(=O)c4ccccc4F)cc3)n2)c1. The molecule has 0 aliphatic heterocycles. The van der Waals surface area contributed by atoms with Crippen molar-refractivity contribution in [2.24, 2.45) is 0 Å². The summed E-state index contributed by atoms with van der Waals surface area (Å²) < 4.78 is 13.8. The number of rotatable bonds is 7. The van der Waals surface area contributed by atoms with E-state index >= 15 is 0 Å². The van der Waals surface area contributed by atoms with Crippen molar-refractivity contribution in [3.63, 3.8) is 0 Å². The summed E-state index contributed by atoms with van der Waals surface area (Å²) in [5, 5.41) is 17.4. The summed E-state index contributed by atoms with van der Waals surface area (Å²) in [6.45, 7) is 1.28. The second-order valence-corrected chi connectivity index (χ2v) is 7.34. The van der Waals surface area contributed by atoms with Gasteiger partial charge in [0.15, 0.2) is 5.78 Å². The molecule has 0 radical (unpaired) electrons. The molecule has 4 rings (SSSR count). The molecule has 34 heavy (non-hydrogen) atoms. The zero-order valence-electron chi connectivity index (χ0n) is 18.0. The Morgan fingerprint density at radius 1 is 0.912 bits per heavy atom. The van der Waals surface area contributed by atoms with Gasteiger partial charge in [0.2, 0.25) is 11.7 Å². The van der Waals surface area contributed by atoms with E-state index in [0.717, 1.165) is 4.80 Å². The first-order valence-electron chi connectivity index (χ1n) is 10.2. The highest BCUT2D eigenvalue weighted by molar-refractivity contribution is 6.04. The van der Waals surface area contributed by atoms with Crippen LogP contribution in [0.25, 0.3) is 11.4 Å². The summed E-state index contributed by atoms with van der Waals surface area (Å²) in [6, 6.07) is 18.9. The summed E-state index contributed by atoms with van der Waals surface area (Å²) in [5.41, 5.74) is 2.02. The number of nitrogens with one attached hydrogen (secondary N) is 2. The van der Waals surface area contributed by atoms with Crippen LogP contribution >= 0.6 is 0 Å². The predicted molar refractivity (Wildman–Crippen MR) is 123 cm³/mol. The van der Waals surface area contributed by atoms with Gasteiger partial charge in [0.25, 0.3) is 5.91 Å². The highest BCUT2D eigenvalue weighted by Crippen LogP contribution is 2.18. The molecule has 1 heterocycles. The minimum atomic E-state index is -0.604. The second kappa shape index (κ2) is 9.82. The molecule has 3 aromatic carbocycles. The molecule has 9 nitrogen and oxygen atoms in total. The van der Waals surface area contributed by atoms with Crippen LogP contribution in [0.4, 0.5) is 15.8 Å². The summed E-state index contributed by atoms with van der Waals surface area (Å²) in [7, 11) is 0. The zero-order chi connectivity index (χ0) is 24.1. The normalized spacial score (nSPS) is 10.5. The van der Waals surface area contributed by atoms with Crippen LogP contribution in [0.5, 0.6) is 0 Å². The Morgan fingerprint density at radius 2 is 1.68 bits per heavy atom. The Morgan fingerprint density at radius 3 is 2.41 bits per heavy atom. The lowest BCUT2D eigenvalue weighted by atomic mass is 10.1. The van der Waals surface area contributed by atoms with Crippen molar-refractivity contribution >= 4 is 29.0 Å². The third-order valence-electron chi connectivity index (χ3n) is 4.81. The minimum absolute atomic E-state index is 0.0533. The number of halogens is 1. The van der Waals surface area contributed by atoms with Crippen molar-refractivity contribution in [2.75, 3.05) is 10.6 Å². The molecule has 0 bridgehead atoms. The van der Waals surface area contributed by atoms with E-state index in [1.54, 1.807) is 54.6 Å². The van der Waals surface area contributed by atoms with E-state index in [1.807, 2.05) is 0 Å². The van der Waals surface area contributed by atoms with Crippen molar-refractivity contribution in [3.05, 3.63) is 89.7 Å². The molecule has 2 amide bonds. The topological polar surface area (TPSA) is 119 Å². The highest BCUT2D eigenvalue weighted by Gasteiger charge is 2.13. The van der Waals surface area contributed by atoms with Crippen molar-refractivity contribution in [1.29, 1.82) is 0 Å². The molecule has 0 aliphatic carbocycles. The first kappa shape index (κ1) is 22.5. The first-order valence-corrected chi connectivity index (χ1v) is 10.2. The number of Topliss-reactive ketones (excluding diaryl/α,β-unsaturated/α-hetero) is 1. The van der Waals surface area contributed by atoms with Gasteiger partial charge >= 0.3 is 0 Å². The molecule has 0 saturated heterocycles. The molecular weight excluding hydrogens is 439 g/mol. The monoisotopic (exact) mass is 458 g/mol. The van der Waals surface area contributed by atoms with Crippen molar-refractivity contribution < 1.29 is 18.8 Å². The van der Waals surface area contributed by atoms with Gasteiger partial charge in [-0.2, -0.15) is 4.80 Å². The van der Waals surface area contributed by atoms with Crippen LogP contribution in [0, 0.1) is 5.82 Å². The fourth-order valence-electron chi connectivity index (χ4n) is 3.12. The van der Waals surface area contributed by atoms with Gasteiger partial charge in [-0.1, -0.05) is 24.3 Å². The quantitative estimate of drug-likeness (QED) is 0.409. The van der Waals surface area contributed by atoms with Gasteiger partial charge in [-0.05, 0) is 60.7 Å². The maximum atomic E-state index is 13.8. The van der Waals surface area contributed by atoms with Gasteiger partial charge in [0, 0.05) is 22.5 Å². The van der Waals surface area contributed by atoms with Crippen molar-refractivity contribution in [3.8, 4) is 11.4 Å². The number of nitrogens with zero attached hydrogens (tertiary/aromatic N) is 4. The third kappa shape index (κ3) is 5.36. The Bertz CT molecular complexity index is 1370. The van der Waals surface area contributed by atoms with Gasteiger partial charge < -0.3 is 10.6 Å². The predicted octanol–water partition coefficient (Wildman–Crippen LogP) is 3.57. The fraction of sp³-hybridized carbons (Fsp3) is 0.0833. The number of ketones is 1. The zero-order valence-corrected chi connectivity index (χ0v) is 18.0. The number of benzene rings is 3. The first-order chi connectivity index (χ1) is 16.4. The number of aromatic nitrogens is 4. The summed E-state index contributed by atoms with van der Waals surface area (Å²) >= 11 is 0. The molecule has 10 heteroatoms. The molecule has 0 unspecified atom stereocenters. The van der Waals surface area contributed by atoms with Crippen LogP contribution in [-0.4, -0.2) is 37.8 Å². The molecular formula is C24H19FN6O3. The fourth-order valence-corrected chi connectivity index (χ4v) is 3.12. The molecule has 2 N–H and O–H groups in total. The molecule has 0 spiro atoms. The summed E-state index contributed by atoms with van der Waals surface area (Å²) in [5.74, 6) is -1.35. The van der Waals surface area contributed by atoms with Crippen LogP contribution in [0.2, 0.25) is 0 Å². The van der Waals surface area contributed by atoms with E-state index in [-0.39, 0.29) is 23.8 Å². The number of amides is 2. The van der Waals surface area contributed by atoms with Crippen LogP contribution in [0.3, 0.4) is 0 Å². The molecule has 0 fully saturated rings. The van der Waals surface area contributed by atoms with Crippen molar-refractivity contribution in [1.82, 2.24) is 20.2 Å². The number of tetrazole rings is 1. The third-order valence-corrected chi connectivity index (χ3v) is 4.81. The second-order valence-electron chi connectivity index (χ2n) is 7.34.